The summed E-state index contributed by atoms with van der Waals surface area (Å²) in [6.45, 7) is 1.04. The van der Waals surface area contributed by atoms with Crippen molar-refractivity contribution in [2.75, 3.05) is 39.0 Å². The van der Waals surface area contributed by atoms with E-state index >= 15 is 0 Å². The van der Waals surface area contributed by atoms with Crippen molar-refractivity contribution >= 4 is 15.9 Å². The predicted octanol–water partition coefficient (Wildman–Crippen LogP) is -1.56. The lowest BCUT2D eigenvalue weighted by Crippen LogP contribution is -2.40. The van der Waals surface area contributed by atoms with Crippen LogP contribution in [-0.4, -0.2) is 62.5 Å². The van der Waals surface area contributed by atoms with Crippen LogP contribution in [0.15, 0.2) is 0 Å². The van der Waals surface area contributed by atoms with E-state index in [1.807, 2.05) is 0 Å². The second-order valence-electron chi connectivity index (χ2n) is 3.61. The van der Waals surface area contributed by atoms with Crippen LogP contribution in [0.1, 0.15) is 6.42 Å². The van der Waals surface area contributed by atoms with E-state index in [-0.39, 0.29) is 24.7 Å². The van der Waals surface area contributed by atoms with Crippen LogP contribution in [0.25, 0.3) is 0 Å². The van der Waals surface area contributed by atoms with Gasteiger partial charge < -0.3 is 10.6 Å². The summed E-state index contributed by atoms with van der Waals surface area (Å²) < 4.78 is 24.6. The molecule has 1 aliphatic rings. The Balaban J connectivity index is 2.75. The molecule has 0 aromatic rings. The van der Waals surface area contributed by atoms with Gasteiger partial charge in [0.05, 0.1) is 12.3 Å². The van der Waals surface area contributed by atoms with Crippen molar-refractivity contribution < 1.29 is 13.2 Å². The molecule has 88 valence electrons. The molecule has 0 radical (unpaired) electrons. The zero-order chi connectivity index (χ0) is 11.5. The first kappa shape index (κ1) is 12.4. The molecule has 0 aromatic carbocycles. The van der Waals surface area contributed by atoms with Crippen molar-refractivity contribution in [2.45, 2.75) is 6.42 Å². The van der Waals surface area contributed by atoms with Gasteiger partial charge >= 0.3 is 0 Å². The van der Waals surface area contributed by atoms with Gasteiger partial charge in [-0.2, -0.15) is 4.31 Å². The van der Waals surface area contributed by atoms with Crippen LogP contribution in [0.3, 0.4) is 0 Å². The third-order valence-electron chi connectivity index (χ3n) is 2.41. The number of likely N-dealkylation sites (N-methyl/N-ethyl adjacent to an activating group) is 1. The van der Waals surface area contributed by atoms with Crippen LogP contribution in [0.2, 0.25) is 0 Å². The fraction of sp³-hybridized carbons (Fsp3) is 0.875. The van der Waals surface area contributed by atoms with Gasteiger partial charge in [-0.15, -0.1) is 0 Å². The largest absolute Gasteiger partial charge is 0.345 e. The van der Waals surface area contributed by atoms with Crippen molar-refractivity contribution in [3.63, 3.8) is 0 Å². The number of nitrogens with zero attached hydrogens (tertiary/aromatic N) is 2. The molecule has 1 amide bonds. The Morgan fingerprint density at radius 3 is 2.67 bits per heavy atom. The van der Waals surface area contributed by atoms with Crippen molar-refractivity contribution in [3.8, 4) is 0 Å². The van der Waals surface area contributed by atoms with E-state index in [0.29, 0.717) is 19.5 Å². The minimum Gasteiger partial charge on any atom is -0.345 e. The number of nitrogens with two attached hydrogens (primary N) is 1. The summed E-state index contributed by atoms with van der Waals surface area (Å²) in [5, 5.41) is 0. The normalized spacial score (nSPS) is 20.4. The van der Waals surface area contributed by atoms with Crippen molar-refractivity contribution in [3.05, 3.63) is 0 Å². The Labute approximate surface area is 90.1 Å². The minimum atomic E-state index is -3.35. The van der Waals surface area contributed by atoms with E-state index in [0.717, 1.165) is 0 Å². The molecule has 0 aliphatic carbocycles. The van der Waals surface area contributed by atoms with Crippen LogP contribution in [0.4, 0.5) is 0 Å². The average molecular weight is 235 g/mol. The number of hydrogen-bond donors (Lipinski definition) is 1. The summed E-state index contributed by atoms with van der Waals surface area (Å²) in [5.41, 5.74) is 5.22. The first-order chi connectivity index (χ1) is 6.97. The maximum absolute atomic E-state index is 11.7. The fourth-order valence-corrected chi connectivity index (χ4v) is 2.75. The number of carbonyl (C=O) groups is 1. The third-order valence-corrected chi connectivity index (χ3v) is 4.26. The molecule has 7 heteroatoms. The molecule has 1 rings (SSSR count). The van der Waals surface area contributed by atoms with Crippen molar-refractivity contribution in [1.82, 2.24) is 9.21 Å². The lowest BCUT2D eigenvalue weighted by Gasteiger charge is -2.18. The summed E-state index contributed by atoms with van der Waals surface area (Å²) in [7, 11) is -1.67. The van der Waals surface area contributed by atoms with E-state index in [9.17, 15) is 13.2 Å². The number of rotatable bonds is 3. The van der Waals surface area contributed by atoms with E-state index in [4.69, 9.17) is 5.73 Å². The molecule has 0 aromatic heterocycles. The molecule has 15 heavy (non-hydrogen) atoms. The Bertz CT molecular complexity index is 328. The zero-order valence-electron chi connectivity index (χ0n) is 8.85. The van der Waals surface area contributed by atoms with Gasteiger partial charge in [-0.05, 0) is 6.42 Å². The van der Waals surface area contributed by atoms with Crippen LogP contribution in [-0.2, 0) is 14.8 Å². The van der Waals surface area contributed by atoms with Gasteiger partial charge in [0.25, 0.3) is 0 Å². The number of hydrogen-bond acceptors (Lipinski definition) is 4. The van der Waals surface area contributed by atoms with E-state index in [1.165, 1.54) is 4.31 Å². The first-order valence-corrected chi connectivity index (χ1v) is 6.50. The van der Waals surface area contributed by atoms with Gasteiger partial charge in [-0.25, -0.2) is 8.42 Å². The van der Waals surface area contributed by atoms with Gasteiger partial charge in [0.2, 0.25) is 15.9 Å². The first-order valence-electron chi connectivity index (χ1n) is 4.89. The Kier molecular flexibility index (Phi) is 4.06. The third kappa shape index (κ3) is 3.15. The Morgan fingerprint density at radius 2 is 2.07 bits per heavy atom. The molecule has 0 atom stereocenters. The molecular formula is C8H17N3O3S. The number of carbonyl (C=O) groups excluding carboxylic acids is 1. The topological polar surface area (TPSA) is 83.7 Å². The highest BCUT2D eigenvalue weighted by Gasteiger charge is 2.27. The molecule has 1 aliphatic heterocycles. The molecule has 0 spiro atoms. The van der Waals surface area contributed by atoms with Gasteiger partial charge in [0, 0.05) is 26.7 Å². The highest BCUT2D eigenvalue weighted by Crippen LogP contribution is 2.08. The van der Waals surface area contributed by atoms with Gasteiger partial charge in [-0.3, -0.25) is 4.79 Å². The Hall–Kier alpha value is -0.660. The summed E-state index contributed by atoms with van der Waals surface area (Å²) in [6.07, 6.45) is 0.673. The predicted molar refractivity (Wildman–Crippen MR) is 56.7 cm³/mol. The molecule has 1 saturated heterocycles. The SMILES string of the molecule is CN1CCCN(S(=O)(=O)CCN)CC1=O. The molecule has 1 heterocycles. The maximum Gasteiger partial charge on any atom is 0.237 e. The lowest BCUT2D eigenvalue weighted by atomic mass is 10.4. The molecule has 0 saturated carbocycles. The second kappa shape index (κ2) is 4.91. The lowest BCUT2D eigenvalue weighted by molar-refractivity contribution is -0.129. The molecule has 0 unspecified atom stereocenters. The van der Waals surface area contributed by atoms with Gasteiger partial charge in [0.15, 0.2) is 0 Å². The molecule has 1 fully saturated rings. The van der Waals surface area contributed by atoms with E-state index < -0.39 is 10.0 Å². The summed E-state index contributed by atoms with van der Waals surface area (Å²) in [5.74, 6) is -0.252. The molecule has 0 bridgehead atoms. The monoisotopic (exact) mass is 235 g/mol. The van der Waals surface area contributed by atoms with Crippen LogP contribution in [0.5, 0.6) is 0 Å². The number of amides is 1. The van der Waals surface area contributed by atoms with Crippen molar-refractivity contribution in [1.29, 1.82) is 0 Å². The Morgan fingerprint density at radius 1 is 1.40 bits per heavy atom. The van der Waals surface area contributed by atoms with E-state index in [2.05, 4.69) is 0 Å². The number of sulfonamides is 1. The van der Waals surface area contributed by atoms with Crippen LogP contribution >= 0.6 is 0 Å². The molecule has 2 N–H and O–H groups in total. The standard InChI is InChI=1S/C8H17N3O3S/c1-10-4-2-5-11(7-8(10)12)15(13,14)6-3-9/h2-7,9H2,1H3. The highest BCUT2D eigenvalue weighted by molar-refractivity contribution is 7.89. The summed E-state index contributed by atoms with van der Waals surface area (Å²) in [4.78, 5) is 13.0. The van der Waals surface area contributed by atoms with E-state index in [1.54, 1.807) is 11.9 Å². The highest BCUT2D eigenvalue weighted by atomic mass is 32.2. The zero-order valence-corrected chi connectivity index (χ0v) is 9.66. The molecule has 6 nitrogen and oxygen atoms in total. The average Bonchev–Trinajstić information content (AvgIpc) is 2.30. The molecular weight excluding hydrogens is 218 g/mol. The maximum atomic E-state index is 11.7. The van der Waals surface area contributed by atoms with Crippen LogP contribution < -0.4 is 5.73 Å². The van der Waals surface area contributed by atoms with Crippen LogP contribution in [0, 0.1) is 0 Å². The summed E-state index contributed by atoms with van der Waals surface area (Å²) >= 11 is 0. The van der Waals surface area contributed by atoms with Crippen molar-refractivity contribution in [2.24, 2.45) is 5.73 Å². The van der Waals surface area contributed by atoms with Gasteiger partial charge in [-0.1, -0.05) is 0 Å². The quantitative estimate of drug-likeness (QED) is 0.641. The smallest absolute Gasteiger partial charge is 0.237 e. The fourth-order valence-electron chi connectivity index (χ4n) is 1.48. The minimum absolute atomic E-state index is 0.0567. The second-order valence-corrected chi connectivity index (χ2v) is 5.70. The summed E-state index contributed by atoms with van der Waals surface area (Å²) in [6, 6.07) is 0. The van der Waals surface area contributed by atoms with Gasteiger partial charge in [0.1, 0.15) is 0 Å².